The molecule has 0 aliphatic rings. The number of nitro benzene ring substituents is 1. The first kappa shape index (κ1) is 18.0. The predicted molar refractivity (Wildman–Crippen MR) is 84.5 cm³/mol. The highest BCUT2D eigenvalue weighted by molar-refractivity contribution is 7.99. The Labute approximate surface area is 136 Å². The molecule has 1 aromatic carbocycles. The van der Waals surface area contributed by atoms with Crippen LogP contribution in [0.15, 0.2) is 12.1 Å². The monoisotopic (exact) mass is 352 g/mol. The van der Waals surface area contributed by atoms with Gasteiger partial charge in [-0.25, -0.2) is 0 Å². The van der Waals surface area contributed by atoms with E-state index in [9.17, 15) is 14.9 Å². The molecule has 1 rings (SSSR count). The summed E-state index contributed by atoms with van der Waals surface area (Å²) >= 11 is 13.3. The van der Waals surface area contributed by atoms with Crippen LogP contribution in [0.25, 0.3) is 0 Å². The Morgan fingerprint density at radius 3 is 2.71 bits per heavy atom. The highest BCUT2D eigenvalue weighted by Gasteiger charge is 2.19. The van der Waals surface area contributed by atoms with Crippen LogP contribution in [-0.4, -0.2) is 40.6 Å². The molecule has 21 heavy (non-hydrogen) atoms. The third-order valence-corrected chi connectivity index (χ3v) is 4.32. The Morgan fingerprint density at radius 1 is 1.38 bits per heavy atom. The van der Waals surface area contributed by atoms with Crippen molar-refractivity contribution in [3.63, 3.8) is 0 Å². The molecule has 0 aliphatic heterocycles. The van der Waals surface area contributed by atoms with E-state index in [0.29, 0.717) is 18.7 Å². The molecule has 0 fully saturated rings. The van der Waals surface area contributed by atoms with Crippen LogP contribution in [0.4, 0.5) is 5.69 Å². The molecule has 116 valence electrons. The molecule has 0 saturated carbocycles. The third kappa shape index (κ3) is 5.70. The van der Waals surface area contributed by atoms with Gasteiger partial charge < -0.3 is 10.4 Å². The van der Waals surface area contributed by atoms with Gasteiger partial charge >= 0.3 is 0 Å². The van der Waals surface area contributed by atoms with Crippen molar-refractivity contribution >= 4 is 46.6 Å². The first-order valence-electron chi connectivity index (χ1n) is 6.07. The van der Waals surface area contributed by atoms with Gasteiger partial charge in [0.1, 0.15) is 0 Å². The smallest absolute Gasteiger partial charge is 0.271 e. The summed E-state index contributed by atoms with van der Waals surface area (Å²) in [6.07, 6.45) is 0.699. The summed E-state index contributed by atoms with van der Waals surface area (Å²) in [5, 5.41) is 22.0. The zero-order chi connectivity index (χ0) is 15.8. The van der Waals surface area contributed by atoms with Crippen molar-refractivity contribution in [1.29, 1.82) is 0 Å². The SMILES string of the molecule is O=C(NCCSCCCO)c1cc([N+](=O)[O-])cc(Cl)c1Cl. The number of benzene rings is 1. The maximum Gasteiger partial charge on any atom is 0.271 e. The van der Waals surface area contributed by atoms with E-state index in [0.717, 1.165) is 17.9 Å². The van der Waals surface area contributed by atoms with Crippen molar-refractivity contribution < 1.29 is 14.8 Å². The molecule has 1 amide bonds. The number of rotatable bonds is 8. The second-order valence-corrected chi connectivity index (χ2v) is 6.00. The lowest BCUT2D eigenvalue weighted by molar-refractivity contribution is -0.384. The summed E-state index contributed by atoms with van der Waals surface area (Å²) in [6, 6.07) is 2.20. The van der Waals surface area contributed by atoms with Gasteiger partial charge in [0.25, 0.3) is 11.6 Å². The molecule has 2 N–H and O–H groups in total. The number of amides is 1. The molecule has 0 radical (unpaired) electrons. The van der Waals surface area contributed by atoms with Crippen LogP contribution in [0.1, 0.15) is 16.8 Å². The van der Waals surface area contributed by atoms with Gasteiger partial charge in [-0.1, -0.05) is 23.2 Å². The number of nitrogens with zero attached hydrogens (tertiary/aromatic N) is 1. The molecular weight excluding hydrogens is 339 g/mol. The molecule has 0 aliphatic carbocycles. The molecule has 0 bridgehead atoms. The molecule has 0 saturated heterocycles. The summed E-state index contributed by atoms with van der Waals surface area (Å²) < 4.78 is 0. The lowest BCUT2D eigenvalue weighted by Gasteiger charge is -2.07. The molecule has 9 heteroatoms. The van der Waals surface area contributed by atoms with E-state index >= 15 is 0 Å². The number of aliphatic hydroxyl groups excluding tert-OH is 1. The van der Waals surface area contributed by atoms with E-state index in [2.05, 4.69) is 5.32 Å². The summed E-state index contributed by atoms with van der Waals surface area (Å²) in [6.45, 7) is 0.534. The highest BCUT2D eigenvalue weighted by atomic mass is 35.5. The van der Waals surface area contributed by atoms with Gasteiger partial charge in [-0.15, -0.1) is 0 Å². The number of carbonyl (C=O) groups excluding carboxylic acids is 1. The Morgan fingerprint density at radius 2 is 2.10 bits per heavy atom. The summed E-state index contributed by atoms with van der Waals surface area (Å²) in [5.74, 6) is 0.968. The average Bonchev–Trinajstić information content (AvgIpc) is 2.44. The Kier molecular flexibility index (Phi) is 7.81. The van der Waals surface area contributed by atoms with Crippen LogP contribution in [0, 0.1) is 10.1 Å². The molecule has 0 aromatic heterocycles. The number of non-ortho nitro benzene ring substituents is 1. The zero-order valence-corrected chi connectivity index (χ0v) is 13.3. The van der Waals surface area contributed by atoms with Crippen molar-refractivity contribution in [2.75, 3.05) is 24.7 Å². The summed E-state index contributed by atoms with van der Waals surface area (Å²) in [5.41, 5.74) is -0.303. The number of halogens is 2. The van der Waals surface area contributed by atoms with E-state index in [1.54, 1.807) is 11.8 Å². The standard InChI is InChI=1S/C12H14Cl2N2O4S/c13-10-7-8(16(19)20)6-9(11(10)14)12(18)15-2-5-21-4-1-3-17/h6-7,17H,1-5H2,(H,15,18). The largest absolute Gasteiger partial charge is 0.396 e. The Balaban J connectivity index is 2.63. The Bertz CT molecular complexity index is 528. The van der Waals surface area contributed by atoms with Crippen LogP contribution in [0.5, 0.6) is 0 Å². The fourth-order valence-corrected chi connectivity index (χ4v) is 2.64. The number of hydrogen-bond donors (Lipinski definition) is 2. The zero-order valence-electron chi connectivity index (χ0n) is 11.0. The number of hydrogen-bond acceptors (Lipinski definition) is 5. The van der Waals surface area contributed by atoms with E-state index in [1.807, 2.05) is 0 Å². The first-order chi connectivity index (χ1) is 9.97. The van der Waals surface area contributed by atoms with Gasteiger partial charge in [0.2, 0.25) is 0 Å². The van der Waals surface area contributed by atoms with E-state index in [-0.39, 0.29) is 27.9 Å². The minimum Gasteiger partial charge on any atom is -0.396 e. The van der Waals surface area contributed by atoms with Crippen LogP contribution >= 0.6 is 35.0 Å². The molecule has 0 spiro atoms. The summed E-state index contributed by atoms with van der Waals surface area (Å²) in [4.78, 5) is 22.1. The van der Waals surface area contributed by atoms with Crippen molar-refractivity contribution in [2.45, 2.75) is 6.42 Å². The molecule has 0 unspecified atom stereocenters. The second-order valence-electron chi connectivity index (χ2n) is 3.99. The Hall–Kier alpha value is -1.02. The van der Waals surface area contributed by atoms with Crippen molar-refractivity contribution in [3.05, 3.63) is 37.9 Å². The quantitative estimate of drug-likeness (QED) is 0.426. The van der Waals surface area contributed by atoms with Gasteiger partial charge in [0.15, 0.2) is 0 Å². The lowest BCUT2D eigenvalue weighted by Crippen LogP contribution is -2.26. The molecule has 1 aromatic rings. The van der Waals surface area contributed by atoms with Crippen LogP contribution < -0.4 is 5.32 Å². The average molecular weight is 353 g/mol. The number of thioether (sulfide) groups is 1. The molecule has 6 nitrogen and oxygen atoms in total. The number of nitrogens with one attached hydrogen (secondary N) is 1. The fourth-order valence-electron chi connectivity index (χ4n) is 1.45. The maximum absolute atomic E-state index is 12.0. The maximum atomic E-state index is 12.0. The minimum absolute atomic E-state index is 0.00676. The minimum atomic E-state index is -0.635. The van der Waals surface area contributed by atoms with E-state index in [4.69, 9.17) is 28.3 Å². The van der Waals surface area contributed by atoms with Crippen LogP contribution in [-0.2, 0) is 0 Å². The molecule has 0 heterocycles. The number of nitro groups is 1. The van der Waals surface area contributed by atoms with E-state index < -0.39 is 10.8 Å². The third-order valence-electron chi connectivity index (χ3n) is 2.45. The van der Waals surface area contributed by atoms with Crippen LogP contribution in [0.3, 0.4) is 0 Å². The second kappa shape index (κ2) is 9.09. The van der Waals surface area contributed by atoms with Crippen LogP contribution in [0.2, 0.25) is 10.0 Å². The summed E-state index contributed by atoms with van der Waals surface area (Å²) in [7, 11) is 0. The van der Waals surface area contributed by atoms with E-state index in [1.165, 1.54) is 0 Å². The van der Waals surface area contributed by atoms with Crippen molar-refractivity contribution in [2.24, 2.45) is 0 Å². The number of carbonyl (C=O) groups is 1. The highest BCUT2D eigenvalue weighted by Crippen LogP contribution is 2.30. The van der Waals surface area contributed by atoms with Gasteiger partial charge in [-0.2, -0.15) is 11.8 Å². The number of aliphatic hydroxyl groups is 1. The van der Waals surface area contributed by atoms with Crippen molar-refractivity contribution in [3.8, 4) is 0 Å². The predicted octanol–water partition coefficient (Wildman–Crippen LogP) is 2.75. The fraction of sp³-hybridized carbons (Fsp3) is 0.417. The normalized spacial score (nSPS) is 10.4. The molecule has 0 atom stereocenters. The lowest BCUT2D eigenvalue weighted by atomic mass is 10.2. The van der Waals surface area contributed by atoms with Gasteiger partial charge in [-0.3, -0.25) is 14.9 Å². The van der Waals surface area contributed by atoms with Gasteiger partial charge in [0, 0.05) is 31.0 Å². The van der Waals surface area contributed by atoms with Gasteiger partial charge in [0.05, 0.1) is 20.5 Å². The first-order valence-corrected chi connectivity index (χ1v) is 7.98. The van der Waals surface area contributed by atoms with Gasteiger partial charge in [-0.05, 0) is 12.2 Å². The van der Waals surface area contributed by atoms with Crippen molar-refractivity contribution in [1.82, 2.24) is 5.32 Å². The molecular formula is C12H14Cl2N2O4S. The topological polar surface area (TPSA) is 92.5 Å².